The van der Waals surface area contributed by atoms with Gasteiger partial charge in [0, 0.05) is 45.7 Å². The van der Waals surface area contributed by atoms with Crippen LogP contribution < -0.4 is 37.3 Å². The number of hydrogen-bond acceptors (Lipinski definition) is 4. The second kappa shape index (κ2) is 10.7. The lowest BCUT2D eigenvalue weighted by atomic mass is 9.33. The average molecular weight is 605 g/mol. The summed E-state index contributed by atoms with van der Waals surface area (Å²) in [6.45, 7) is -0.210. The molecule has 0 bridgehead atoms. The van der Waals surface area contributed by atoms with Gasteiger partial charge in [0.2, 0.25) is 0 Å². The largest absolute Gasteiger partial charge is 0.458 e. The minimum absolute atomic E-state index is 0.210. The molecule has 2 aliphatic rings. The van der Waals surface area contributed by atoms with Crippen molar-refractivity contribution in [3.05, 3.63) is 152 Å². The summed E-state index contributed by atoms with van der Waals surface area (Å²) in [4.78, 5) is 0. The van der Waals surface area contributed by atoms with Crippen LogP contribution in [0.25, 0.3) is 44.5 Å². The van der Waals surface area contributed by atoms with Gasteiger partial charge < -0.3 is 20.9 Å². The molecule has 0 spiro atoms. The van der Waals surface area contributed by atoms with Crippen LogP contribution in [0.1, 0.15) is 0 Å². The van der Waals surface area contributed by atoms with E-state index in [9.17, 15) is 0 Å². The Bertz CT molecular complexity index is 2250. The van der Waals surface area contributed by atoms with E-state index in [1.807, 2.05) is 42.5 Å². The zero-order chi connectivity index (χ0) is 31.5. The summed E-state index contributed by atoms with van der Waals surface area (Å²) in [6, 6.07) is 51.9. The molecule has 0 saturated carbocycles. The molecule has 0 aromatic heterocycles. The lowest BCUT2D eigenvalue weighted by Crippen LogP contribution is -2.58. The molecule has 7 aromatic rings. The average Bonchev–Trinajstić information content (AvgIpc) is 3.12. The molecule has 4 nitrogen and oxygen atoms in total. The summed E-state index contributed by atoms with van der Waals surface area (Å²) in [5.41, 5.74) is 25.8. The molecular formula is C42H29BN2O2. The van der Waals surface area contributed by atoms with Crippen LogP contribution in [0.15, 0.2) is 152 Å². The number of nitrogens with two attached hydrogens (primary N) is 2. The first-order valence-corrected chi connectivity index (χ1v) is 15.8. The Morgan fingerprint density at radius 3 is 1.43 bits per heavy atom. The molecule has 47 heavy (non-hydrogen) atoms. The number of ether oxygens (including phenoxy) is 2. The molecule has 4 N–H and O–H groups in total. The Kier molecular flexibility index (Phi) is 6.19. The van der Waals surface area contributed by atoms with Crippen LogP contribution in [0, 0.1) is 0 Å². The first-order valence-electron chi connectivity index (χ1n) is 15.8. The Morgan fingerprint density at radius 2 is 0.872 bits per heavy atom. The fraction of sp³-hybridized carbons (Fsp3) is 0. The number of hydrogen-bond donors (Lipinski definition) is 2. The predicted octanol–water partition coefficient (Wildman–Crippen LogP) is 8.25. The Hall–Kier alpha value is -6.20. The molecule has 0 amide bonds. The third kappa shape index (κ3) is 4.32. The van der Waals surface area contributed by atoms with Crippen molar-refractivity contribution in [2.75, 3.05) is 11.5 Å². The second-order valence-electron chi connectivity index (χ2n) is 12.1. The van der Waals surface area contributed by atoms with E-state index in [-0.39, 0.29) is 6.71 Å². The van der Waals surface area contributed by atoms with Crippen LogP contribution in [0.2, 0.25) is 0 Å². The highest BCUT2D eigenvalue weighted by atomic mass is 16.5. The van der Waals surface area contributed by atoms with Gasteiger partial charge in [0.25, 0.3) is 6.71 Å². The molecule has 5 heteroatoms. The first kappa shape index (κ1) is 27.1. The van der Waals surface area contributed by atoms with E-state index < -0.39 is 0 Å². The van der Waals surface area contributed by atoms with Crippen molar-refractivity contribution in [2.45, 2.75) is 0 Å². The maximum Gasteiger partial charge on any atom is 0.261 e. The van der Waals surface area contributed by atoms with Crippen molar-refractivity contribution in [2.24, 2.45) is 0 Å². The molecule has 9 rings (SSSR count). The number of anilines is 2. The van der Waals surface area contributed by atoms with Gasteiger partial charge in [0.05, 0.1) is 0 Å². The molecule has 2 aliphatic heterocycles. The summed E-state index contributed by atoms with van der Waals surface area (Å²) in [5.74, 6) is 3.02. The standard InChI is InChI=1S/C42H29BN2O2/c44-30-21-22-33-34(24-30)46-41-37(28-17-9-3-10-18-28)36(27-15-7-2-8-16-27)38(29-19-11-4-12-20-29)42-40(41)43(33)39-32(26-13-5-1-6-14-26)23-31(45)25-35(39)47-42/h1-25H,44-45H2. The molecule has 0 atom stereocenters. The normalized spacial score (nSPS) is 12.3. The van der Waals surface area contributed by atoms with Gasteiger partial charge in [-0.2, -0.15) is 0 Å². The van der Waals surface area contributed by atoms with Gasteiger partial charge in [-0.15, -0.1) is 0 Å². The van der Waals surface area contributed by atoms with Crippen molar-refractivity contribution in [1.82, 2.24) is 0 Å². The van der Waals surface area contributed by atoms with Crippen LogP contribution in [-0.2, 0) is 0 Å². The van der Waals surface area contributed by atoms with Gasteiger partial charge in [0.15, 0.2) is 0 Å². The van der Waals surface area contributed by atoms with Crippen LogP contribution in [0.4, 0.5) is 11.4 Å². The number of rotatable bonds is 4. The quantitative estimate of drug-likeness (QED) is 0.157. The SMILES string of the molecule is Nc1ccc2c(c1)Oc1c3c(c(-c4ccccc4)c(-c4ccccc4)c1-c1ccccc1)Oc1cc(N)cc(-c4ccccc4)c1B23. The molecule has 2 heterocycles. The van der Waals surface area contributed by atoms with E-state index in [2.05, 4.69) is 109 Å². The van der Waals surface area contributed by atoms with Crippen molar-refractivity contribution in [1.29, 1.82) is 0 Å². The van der Waals surface area contributed by atoms with Gasteiger partial charge in [-0.25, -0.2) is 0 Å². The minimum Gasteiger partial charge on any atom is -0.458 e. The molecular weight excluding hydrogens is 575 g/mol. The number of nitrogen functional groups attached to an aromatic ring is 2. The fourth-order valence-electron chi connectivity index (χ4n) is 7.29. The van der Waals surface area contributed by atoms with E-state index in [1.165, 1.54) is 0 Å². The van der Waals surface area contributed by atoms with E-state index in [0.29, 0.717) is 11.4 Å². The van der Waals surface area contributed by atoms with Gasteiger partial charge in [-0.3, -0.25) is 0 Å². The van der Waals surface area contributed by atoms with E-state index in [0.717, 1.165) is 83.9 Å². The summed E-state index contributed by atoms with van der Waals surface area (Å²) < 4.78 is 14.2. The van der Waals surface area contributed by atoms with E-state index >= 15 is 0 Å². The van der Waals surface area contributed by atoms with E-state index in [4.69, 9.17) is 20.9 Å². The topological polar surface area (TPSA) is 70.5 Å². The summed E-state index contributed by atoms with van der Waals surface area (Å²) >= 11 is 0. The monoisotopic (exact) mass is 604 g/mol. The number of fused-ring (bicyclic) bond motifs is 4. The molecule has 0 fully saturated rings. The molecule has 0 radical (unpaired) electrons. The highest BCUT2D eigenvalue weighted by Crippen LogP contribution is 2.53. The summed E-state index contributed by atoms with van der Waals surface area (Å²) in [7, 11) is 0. The third-order valence-electron chi connectivity index (χ3n) is 9.23. The van der Waals surface area contributed by atoms with Gasteiger partial charge in [-0.1, -0.05) is 127 Å². The summed E-state index contributed by atoms with van der Waals surface area (Å²) in [5, 5.41) is 0. The molecule has 7 aromatic carbocycles. The maximum absolute atomic E-state index is 7.16. The summed E-state index contributed by atoms with van der Waals surface area (Å²) in [6.07, 6.45) is 0. The van der Waals surface area contributed by atoms with Gasteiger partial charge in [0.1, 0.15) is 23.0 Å². The fourth-order valence-corrected chi connectivity index (χ4v) is 7.29. The van der Waals surface area contributed by atoms with Crippen LogP contribution in [-0.4, -0.2) is 6.71 Å². The molecule has 0 aliphatic carbocycles. The predicted molar refractivity (Wildman–Crippen MR) is 195 cm³/mol. The Labute approximate surface area is 273 Å². The van der Waals surface area contributed by atoms with Crippen molar-refractivity contribution >= 4 is 34.5 Å². The Morgan fingerprint density at radius 1 is 0.404 bits per heavy atom. The van der Waals surface area contributed by atoms with Crippen molar-refractivity contribution in [3.8, 4) is 67.5 Å². The second-order valence-corrected chi connectivity index (χ2v) is 12.1. The maximum atomic E-state index is 7.16. The van der Waals surface area contributed by atoms with E-state index in [1.54, 1.807) is 0 Å². The lowest BCUT2D eigenvalue weighted by molar-refractivity contribution is 0.467. The van der Waals surface area contributed by atoms with Crippen LogP contribution >= 0.6 is 0 Å². The zero-order valence-corrected chi connectivity index (χ0v) is 25.5. The van der Waals surface area contributed by atoms with Crippen molar-refractivity contribution in [3.63, 3.8) is 0 Å². The molecule has 222 valence electrons. The Balaban J connectivity index is 1.49. The smallest absolute Gasteiger partial charge is 0.261 e. The third-order valence-corrected chi connectivity index (χ3v) is 9.23. The van der Waals surface area contributed by atoms with Crippen LogP contribution in [0.5, 0.6) is 23.0 Å². The molecule has 0 saturated heterocycles. The molecule has 0 unspecified atom stereocenters. The highest BCUT2D eigenvalue weighted by Gasteiger charge is 2.45. The van der Waals surface area contributed by atoms with Gasteiger partial charge in [-0.05, 0) is 50.9 Å². The lowest BCUT2D eigenvalue weighted by Gasteiger charge is -2.38. The zero-order valence-electron chi connectivity index (χ0n) is 25.5. The number of benzene rings is 7. The first-order chi connectivity index (χ1) is 23.2. The van der Waals surface area contributed by atoms with Crippen LogP contribution in [0.3, 0.4) is 0 Å². The van der Waals surface area contributed by atoms with Gasteiger partial charge >= 0.3 is 0 Å². The minimum atomic E-state index is -0.210. The van der Waals surface area contributed by atoms with Crippen molar-refractivity contribution < 1.29 is 9.47 Å². The highest BCUT2D eigenvalue weighted by molar-refractivity contribution is 6.99.